The van der Waals surface area contributed by atoms with Crippen LogP contribution in [0.1, 0.15) is 11.1 Å². The summed E-state index contributed by atoms with van der Waals surface area (Å²) in [4.78, 5) is 2.56. The largest absolute Gasteiger partial charge is 0.507 e. The summed E-state index contributed by atoms with van der Waals surface area (Å²) in [6, 6.07) is 0.319. The Hall–Kier alpha value is -0.680. The molecule has 11 heteroatoms. The zero-order valence-corrected chi connectivity index (χ0v) is 15.3. The lowest BCUT2D eigenvalue weighted by molar-refractivity contribution is -0.143. The van der Waals surface area contributed by atoms with Crippen molar-refractivity contribution in [3.8, 4) is 17.0 Å². The summed E-state index contributed by atoms with van der Waals surface area (Å²) in [6.07, 6.45) is -10.1. The molecule has 2 rings (SSSR count). The van der Waals surface area contributed by atoms with Gasteiger partial charge in [0.15, 0.2) is 0 Å². The fraction of sp³-hybridized carbons (Fsp3) is 0.167. The Kier molecular flexibility index (Phi) is 4.86. The first kappa shape index (κ1) is 18.7. The Bertz CT molecular complexity index is 766. The first-order valence-electron chi connectivity index (χ1n) is 5.58. The molecule has 2 nitrogen and oxygen atoms in total. The molecule has 0 aliphatic carbocycles. The standard InChI is InChI=1S/C12H4Br3F6NO/c13-6-7(14)10(15)22-8(6)4-1-3(11(16,17)18)2-5(9(4)23)12(19,20)21/h1-2,22-23H. The Labute approximate surface area is 150 Å². The lowest BCUT2D eigenvalue weighted by Crippen LogP contribution is -2.11. The number of aromatic nitrogens is 1. The zero-order chi connectivity index (χ0) is 17.7. The number of phenolic OH excluding ortho intramolecular Hbond substituents is 1. The van der Waals surface area contributed by atoms with Crippen LogP contribution >= 0.6 is 47.8 Å². The van der Waals surface area contributed by atoms with Crippen LogP contribution in [0.25, 0.3) is 11.3 Å². The topological polar surface area (TPSA) is 36.0 Å². The van der Waals surface area contributed by atoms with E-state index in [1.807, 2.05) is 0 Å². The second kappa shape index (κ2) is 5.99. The first-order chi connectivity index (χ1) is 10.3. The Morgan fingerprint density at radius 3 is 1.83 bits per heavy atom. The molecule has 126 valence electrons. The van der Waals surface area contributed by atoms with Gasteiger partial charge in [-0.3, -0.25) is 0 Å². The summed E-state index contributed by atoms with van der Waals surface area (Å²) in [6.45, 7) is 0. The van der Waals surface area contributed by atoms with Gasteiger partial charge in [-0.1, -0.05) is 0 Å². The number of aromatic hydroxyl groups is 1. The van der Waals surface area contributed by atoms with Crippen molar-refractivity contribution in [1.82, 2.24) is 4.98 Å². The molecule has 23 heavy (non-hydrogen) atoms. The van der Waals surface area contributed by atoms with Gasteiger partial charge in [-0.15, -0.1) is 0 Å². The molecule has 0 unspecified atom stereocenters. The summed E-state index contributed by atoms with van der Waals surface area (Å²) < 4.78 is 78.2. The van der Waals surface area contributed by atoms with E-state index in [-0.39, 0.29) is 20.8 Å². The van der Waals surface area contributed by atoms with E-state index in [1.165, 1.54) is 0 Å². The smallest absolute Gasteiger partial charge is 0.419 e. The van der Waals surface area contributed by atoms with Crippen LogP contribution in [-0.4, -0.2) is 10.1 Å². The van der Waals surface area contributed by atoms with Gasteiger partial charge in [0, 0.05) is 5.56 Å². The maximum absolute atomic E-state index is 12.9. The van der Waals surface area contributed by atoms with E-state index in [0.29, 0.717) is 10.5 Å². The number of benzene rings is 1. The third kappa shape index (κ3) is 3.55. The second-order valence-electron chi connectivity index (χ2n) is 4.36. The van der Waals surface area contributed by atoms with E-state index < -0.39 is 34.8 Å². The van der Waals surface area contributed by atoms with E-state index in [2.05, 4.69) is 52.8 Å². The van der Waals surface area contributed by atoms with Crippen molar-refractivity contribution in [2.75, 3.05) is 0 Å². The highest BCUT2D eigenvalue weighted by Crippen LogP contribution is 2.48. The van der Waals surface area contributed by atoms with Gasteiger partial charge in [-0.2, -0.15) is 26.3 Å². The number of halogens is 9. The van der Waals surface area contributed by atoms with Crippen molar-refractivity contribution in [2.24, 2.45) is 0 Å². The van der Waals surface area contributed by atoms with Crippen molar-refractivity contribution in [1.29, 1.82) is 0 Å². The quantitative estimate of drug-likeness (QED) is 0.394. The molecule has 0 spiro atoms. The van der Waals surface area contributed by atoms with Crippen molar-refractivity contribution in [3.05, 3.63) is 36.8 Å². The molecule has 0 radical (unpaired) electrons. The number of hydrogen-bond donors (Lipinski definition) is 2. The van der Waals surface area contributed by atoms with Crippen LogP contribution in [0.5, 0.6) is 5.75 Å². The van der Waals surface area contributed by atoms with E-state index in [0.717, 1.165) is 0 Å². The molecule has 1 aromatic carbocycles. The number of H-pyrrole nitrogens is 1. The lowest BCUT2D eigenvalue weighted by atomic mass is 10.0. The van der Waals surface area contributed by atoms with Crippen molar-refractivity contribution < 1.29 is 31.4 Å². The van der Waals surface area contributed by atoms with Crippen LogP contribution < -0.4 is 0 Å². The number of hydrogen-bond acceptors (Lipinski definition) is 1. The molecule has 0 fully saturated rings. The zero-order valence-electron chi connectivity index (χ0n) is 10.5. The molecular weight excluding hydrogens is 528 g/mol. The monoisotopic (exact) mass is 529 g/mol. The highest BCUT2D eigenvalue weighted by atomic mass is 79.9. The molecule has 0 saturated heterocycles. The number of alkyl halides is 6. The third-order valence-corrected chi connectivity index (χ3v) is 6.10. The van der Waals surface area contributed by atoms with Gasteiger partial charge >= 0.3 is 12.4 Å². The minimum absolute atomic E-state index is 0.125. The predicted molar refractivity (Wildman–Crippen MR) is 81.0 cm³/mol. The fourth-order valence-corrected chi connectivity index (χ4v) is 3.29. The fourth-order valence-electron chi connectivity index (χ4n) is 1.82. The molecule has 0 saturated carbocycles. The average molecular weight is 532 g/mol. The van der Waals surface area contributed by atoms with Crippen LogP contribution in [0.2, 0.25) is 0 Å². The maximum atomic E-state index is 12.9. The molecule has 1 aromatic heterocycles. The molecule has 0 atom stereocenters. The van der Waals surface area contributed by atoms with Crippen LogP contribution in [0.15, 0.2) is 25.7 Å². The number of rotatable bonds is 1. The first-order valence-corrected chi connectivity index (χ1v) is 7.96. The molecule has 2 aromatic rings. The lowest BCUT2D eigenvalue weighted by Gasteiger charge is -2.16. The SMILES string of the molecule is Oc1c(-c2[nH]c(Br)c(Br)c2Br)cc(C(F)(F)F)cc1C(F)(F)F. The average Bonchev–Trinajstić information content (AvgIpc) is 2.64. The van der Waals surface area contributed by atoms with Gasteiger partial charge in [-0.05, 0) is 59.9 Å². The van der Waals surface area contributed by atoms with Crippen LogP contribution in [-0.2, 0) is 12.4 Å². The molecule has 1 heterocycles. The summed E-state index contributed by atoms with van der Waals surface area (Å²) >= 11 is 9.17. The van der Waals surface area contributed by atoms with E-state index in [4.69, 9.17) is 0 Å². The van der Waals surface area contributed by atoms with E-state index >= 15 is 0 Å². The predicted octanol–water partition coefficient (Wildman–Crippen LogP) is 6.71. The van der Waals surface area contributed by atoms with Gasteiger partial charge in [0.25, 0.3) is 0 Å². The van der Waals surface area contributed by atoms with Gasteiger partial charge in [-0.25, -0.2) is 0 Å². The molecule has 2 N–H and O–H groups in total. The van der Waals surface area contributed by atoms with Crippen molar-refractivity contribution >= 4 is 47.8 Å². The van der Waals surface area contributed by atoms with Gasteiger partial charge in [0.1, 0.15) is 5.75 Å². The van der Waals surface area contributed by atoms with Gasteiger partial charge < -0.3 is 10.1 Å². The molecule has 0 aliphatic rings. The number of nitrogens with one attached hydrogen (secondary N) is 1. The Balaban J connectivity index is 2.84. The second-order valence-corrected chi connectivity index (χ2v) is 6.74. The number of aromatic amines is 1. The summed E-state index contributed by atoms with van der Waals surface area (Å²) in [5.74, 6) is -1.30. The van der Waals surface area contributed by atoms with Crippen LogP contribution in [0.3, 0.4) is 0 Å². The van der Waals surface area contributed by atoms with Gasteiger partial charge in [0.05, 0.1) is 30.4 Å². The molecule has 0 amide bonds. The third-order valence-electron chi connectivity index (χ3n) is 2.85. The normalized spacial score (nSPS) is 12.7. The van der Waals surface area contributed by atoms with Crippen LogP contribution in [0, 0.1) is 0 Å². The maximum Gasteiger partial charge on any atom is 0.419 e. The van der Waals surface area contributed by atoms with Crippen molar-refractivity contribution in [3.63, 3.8) is 0 Å². The molecular formula is C12H4Br3F6NO. The Morgan fingerprint density at radius 1 is 0.870 bits per heavy atom. The molecule has 0 aliphatic heterocycles. The number of phenols is 1. The summed E-state index contributed by atoms with van der Waals surface area (Å²) in [5.41, 5.74) is -4.06. The molecule has 0 bridgehead atoms. The highest BCUT2D eigenvalue weighted by Gasteiger charge is 2.40. The van der Waals surface area contributed by atoms with E-state index in [1.54, 1.807) is 0 Å². The van der Waals surface area contributed by atoms with Gasteiger partial charge in [0.2, 0.25) is 0 Å². The Morgan fingerprint density at radius 2 is 1.43 bits per heavy atom. The van der Waals surface area contributed by atoms with Crippen molar-refractivity contribution in [2.45, 2.75) is 12.4 Å². The minimum atomic E-state index is -5.15. The van der Waals surface area contributed by atoms with Crippen LogP contribution in [0.4, 0.5) is 26.3 Å². The highest BCUT2D eigenvalue weighted by molar-refractivity contribution is 9.14. The summed E-state index contributed by atoms with van der Waals surface area (Å²) in [7, 11) is 0. The van der Waals surface area contributed by atoms with E-state index in [9.17, 15) is 31.4 Å². The summed E-state index contributed by atoms with van der Waals surface area (Å²) in [5, 5.41) is 9.83. The minimum Gasteiger partial charge on any atom is -0.507 e.